The number of anilines is 1. The summed E-state index contributed by atoms with van der Waals surface area (Å²) in [5.74, 6) is -0.295. The minimum atomic E-state index is -1.20. The molecule has 0 saturated heterocycles. The molecular weight excluding hydrogens is 565 g/mol. The van der Waals surface area contributed by atoms with Crippen molar-refractivity contribution in [3.8, 4) is 11.1 Å². The van der Waals surface area contributed by atoms with E-state index in [1.54, 1.807) is 21.6 Å². The van der Waals surface area contributed by atoms with Crippen LogP contribution in [-0.4, -0.2) is 57.1 Å². The van der Waals surface area contributed by atoms with Gasteiger partial charge in [-0.1, -0.05) is 19.6 Å². The predicted molar refractivity (Wildman–Crippen MR) is 166 cm³/mol. The number of hydrogen-bond acceptors (Lipinski definition) is 6. The van der Waals surface area contributed by atoms with Crippen LogP contribution in [0.4, 0.5) is 10.2 Å². The first-order valence-electron chi connectivity index (χ1n) is 15.4. The van der Waals surface area contributed by atoms with Gasteiger partial charge in [-0.05, 0) is 76.3 Å². The van der Waals surface area contributed by atoms with Crippen molar-refractivity contribution in [2.45, 2.75) is 91.5 Å². The standard InChI is InChI=1S/C31H44FN7O3Si/c1-7-38-25(12-13-34-38)30(40)36-29(28(21-8-9-21)22-10-11-22)31(41)35-26-16-24(32)23(17-33-26)27-19(2)37-39(20(27)3)18-42-14-15-43(4,5)6/h12-13,16-17,21-22,28-29H,7-11,14-15,18H2,1-6H3,(H,36,40)(H,33,35,41). The smallest absolute Gasteiger partial charge is 0.270 e. The van der Waals surface area contributed by atoms with Gasteiger partial charge in [-0.25, -0.2) is 14.1 Å². The van der Waals surface area contributed by atoms with Crippen LogP contribution in [0.2, 0.25) is 25.7 Å². The highest BCUT2D eigenvalue weighted by Gasteiger charge is 2.48. The maximum atomic E-state index is 15.6. The van der Waals surface area contributed by atoms with Crippen molar-refractivity contribution in [2.24, 2.45) is 17.8 Å². The summed E-state index contributed by atoms with van der Waals surface area (Å²) in [4.78, 5) is 31.4. The highest BCUT2D eigenvalue weighted by atomic mass is 28.3. The number of hydrogen-bond donors (Lipinski definition) is 2. The number of aryl methyl sites for hydroxylation is 2. The van der Waals surface area contributed by atoms with E-state index in [9.17, 15) is 9.59 Å². The number of carbonyl (C=O) groups is 2. The lowest BCUT2D eigenvalue weighted by atomic mass is 9.88. The fraction of sp³-hybridized carbons (Fsp3) is 0.581. The molecule has 5 rings (SSSR count). The van der Waals surface area contributed by atoms with Gasteiger partial charge < -0.3 is 15.4 Å². The molecule has 0 aliphatic heterocycles. The van der Waals surface area contributed by atoms with Gasteiger partial charge in [0.15, 0.2) is 0 Å². The first-order chi connectivity index (χ1) is 20.5. The number of aromatic nitrogens is 5. The number of halogens is 1. The van der Waals surface area contributed by atoms with Crippen LogP contribution in [0.15, 0.2) is 24.5 Å². The van der Waals surface area contributed by atoms with E-state index >= 15 is 4.39 Å². The molecule has 1 unspecified atom stereocenters. The summed E-state index contributed by atoms with van der Waals surface area (Å²) in [6.07, 6.45) is 7.20. The Morgan fingerprint density at radius 1 is 1.14 bits per heavy atom. The molecule has 0 bridgehead atoms. The van der Waals surface area contributed by atoms with Crippen molar-refractivity contribution in [3.05, 3.63) is 47.4 Å². The van der Waals surface area contributed by atoms with E-state index in [2.05, 4.69) is 45.5 Å². The predicted octanol–water partition coefficient (Wildman–Crippen LogP) is 5.40. The number of nitrogens with zero attached hydrogens (tertiary/aromatic N) is 5. The van der Waals surface area contributed by atoms with E-state index in [1.165, 1.54) is 12.3 Å². The number of amides is 2. The number of carbonyl (C=O) groups excluding carboxylic acids is 2. The third kappa shape index (κ3) is 7.41. The van der Waals surface area contributed by atoms with E-state index < -0.39 is 19.9 Å². The number of nitrogens with one attached hydrogen (secondary N) is 2. The summed E-state index contributed by atoms with van der Waals surface area (Å²) in [5, 5.41) is 14.6. The molecule has 3 aromatic rings. The van der Waals surface area contributed by atoms with Crippen molar-refractivity contribution in [1.82, 2.24) is 29.9 Å². The minimum Gasteiger partial charge on any atom is -0.360 e. The molecule has 2 saturated carbocycles. The molecule has 43 heavy (non-hydrogen) atoms. The summed E-state index contributed by atoms with van der Waals surface area (Å²) in [5.41, 5.74) is 2.85. The summed E-state index contributed by atoms with van der Waals surface area (Å²) in [6, 6.07) is 3.20. The summed E-state index contributed by atoms with van der Waals surface area (Å²) >= 11 is 0. The van der Waals surface area contributed by atoms with Crippen molar-refractivity contribution in [3.63, 3.8) is 0 Å². The Hall–Kier alpha value is -3.38. The molecular formula is C31H44FN7O3Si. The van der Waals surface area contributed by atoms with Gasteiger partial charge in [0, 0.05) is 56.5 Å². The molecule has 1 atom stereocenters. The molecule has 3 aromatic heterocycles. The molecule has 0 radical (unpaired) electrons. The molecule has 2 aliphatic carbocycles. The zero-order valence-electron chi connectivity index (χ0n) is 26.1. The lowest BCUT2D eigenvalue weighted by molar-refractivity contribution is -0.119. The third-order valence-corrected chi connectivity index (χ3v) is 10.2. The summed E-state index contributed by atoms with van der Waals surface area (Å²) in [6.45, 7) is 14.1. The molecule has 2 N–H and O–H groups in total. The van der Waals surface area contributed by atoms with Crippen LogP contribution in [0.5, 0.6) is 0 Å². The summed E-state index contributed by atoms with van der Waals surface area (Å²) < 4.78 is 24.8. The molecule has 2 aliphatic rings. The normalized spacial score (nSPS) is 16.0. The second kappa shape index (κ2) is 12.7. The lowest BCUT2D eigenvalue weighted by Gasteiger charge is -2.27. The minimum absolute atomic E-state index is 0.0372. The molecule has 2 fully saturated rings. The van der Waals surface area contributed by atoms with Crippen LogP contribution in [0, 0.1) is 37.4 Å². The molecule has 0 aromatic carbocycles. The highest BCUT2D eigenvalue weighted by Crippen LogP contribution is 2.51. The van der Waals surface area contributed by atoms with Crippen LogP contribution < -0.4 is 10.6 Å². The largest absolute Gasteiger partial charge is 0.360 e. The van der Waals surface area contributed by atoms with Crippen LogP contribution in [-0.2, 0) is 22.8 Å². The molecule has 12 heteroatoms. The van der Waals surface area contributed by atoms with E-state index in [-0.39, 0.29) is 23.6 Å². The lowest BCUT2D eigenvalue weighted by Crippen LogP contribution is -2.50. The zero-order valence-corrected chi connectivity index (χ0v) is 27.1. The van der Waals surface area contributed by atoms with Crippen LogP contribution in [0.3, 0.4) is 0 Å². The van der Waals surface area contributed by atoms with Crippen molar-refractivity contribution < 1.29 is 18.7 Å². The van der Waals surface area contributed by atoms with E-state index in [1.807, 2.05) is 20.8 Å². The molecule has 0 spiro atoms. The Morgan fingerprint density at radius 2 is 1.84 bits per heavy atom. The SMILES string of the molecule is CCn1nccc1C(=O)NC(C(=O)Nc1cc(F)c(-c2c(C)nn(COCC[Si](C)(C)C)c2C)cn1)C(C1CC1)C1CC1. The number of rotatable bonds is 14. The second-order valence-corrected chi connectivity index (χ2v) is 18.8. The topological polar surface area (TPSA) is 116 Å². The average Bonchev–Trinajstić information content (AvgIpc) is 3.88. The van der Waals surface area contributed by atoms with Crippen LogP contribution in [0.25, 0.3) is 11.1 Å². The Balaban J connectivity index is 1.31. The Labute approximate surface area is 253 Å². The Morgan fingerprint density at radius 3 is 2.44 bits per heavy atom. The van der Waals surface area contributed by atoms with Crippen LogP contribution in [0.1, 0.15) is 54.5 Å². The van der Waals surface area contributed by atoms with E-state index in [0.717, 1.165) is 37.4 Å². The third-order valence-electron chi connectivity index (χ3n) is 8.50. The summed E-state index contributed by atoms with van der Waals surface area (Å²) in [7, 11) is -1.20. The number of ether oxygens (including phenoxy) is 1. The monoisotopic (exact) mass is 609 g/mol. The molecule has 10 nitrogen and oxygen atoms in total. The van der Waals surface area contributed by atoms with Crippen LogP contribution >= 0.6 is 0 Å². The fourth-order valence-electron chi connectivity index (χ4n) is 5.85. The molecule has 232 valence electrons. The molecule has 2 amide bonds. The second-order valence-electron chi connectivity index (χ2n) is 13.2. The van der Waals surface area contributed by atoms with Gasteiger partial charge in [-0.3, -0.25) is 14.3 Å². The van der Waals surface area contributed by atoms with Gasteiger partial charge in [0.2, 0.25) is 5.91 Å². The van der Waals surface area contributed by atoms with Gasteiger partial charge in [0.25, 0.3) is 5.91 Å². The Kier molecular flexibility index (Phi) is 9.17. The first kappa shape index (κ1) is 31.1. The fourth-order valence-corrected chi connectivity index (χ4v) is 6.61. The quantitative estimate of drug-likeness (QED) is 0.187. The molecule has 3 heterocycles. The van der Waals surface area contributed by atoms with E-state index in [0.29, 0.717) is 54.2 Å². The first-order valence-corrected chi connectivity index (χ1v) is 19.1. The maximum absolute atomic E-state index is 15.6. The maximum Gasteiger partial charge on any atom is 0.270 e. The van der Waals surface area contributed by atoms with Gasteiger partial charge in [0.1, 0.15) is 30.1 Å². The van der Waals surface area contributed by atoms with Gasteiger partial charge >= 0.3 is 0 Å². The van der Waals surface area contributed by atoms with Crippen molar-refractivity contribution in [2.75, 3.05) is 11.9 Å². The van der Waals surface area contributed by atoms with Crippen molar-refractivity contribution in [1.29, 1.82) is 0 Å². The van der Waals surface area contributed by atoms with Crippen molar-refractivity contribution >= 4 is 25.7 Å². The highest BCUT2D eigenvalue weighted by molar-refractivity contribution is 6.76. The zero-order chi connectivity index (χ0) is 30.9. The average molecular weight is 610 g/mol. The van der Waals surface area contributed by atoms with Gasteiger partial charge in [-0.2, -0.15) is 10.2 Å². The Bertz CT molecular complexity index is 1460. The van der Waals surface area contributed by atoms with Gasteiger partial charge in [0.05, 0.1) is 5.69 Å². The van der Waals surface area contributed by atoms with E-state index in [4.69, 9.17) is 4.74 Å². The van der Waals surface area contributed by atoms with Gasteiger partial charge in [-0.15, -0.1) is 0 Å². The number of pyridine rings is 1.